The van der Waals surface area contributed by atoms with E-state index in [1.165, 1.54) is 29.4 Å². The first-order valence-electron chi connectivity index (χ1n) is 10.4. The van der Waals surface area contributed by atoms with Crippen LogP contribution in [0.5, 0.6) is 0 Å². The van der Waals surface area contributed by atoms with Gasteiger partial charge in [-0.25, -0.2) is 4.99 Å². The molecule has 0 aliphatic carbocycles. The summed E-state index contributed by atoms with van der Waals surface area (Å²) >= 11 is 0. The number of aliphatic imine (C=N–C) groups is 2. The largest absolute Gasteiger partial charge is 0.298 e. The Balaban J connectivity index is 1.56. The van der Waals surface area contributed by atoms with Gasteiger partial charge < -0.3 is 0 Å². The summed E-state index contributed by atoms with van der Waals surface area (Å²) in [7, 11) is 0. The summed E-state index contributed by atoms with van der Waals surface area (Å²) < 4.78 is 0. The van der Waals surface area contributed by atoms with Gasteiger partial charge in [-0.05, 0) is 53.1 Å². The van der Waals surface area contributed by atoms with E-state index in [0.717, 1.165) is 30.0 Å². The van der Waals surface area contributed by atoms with Crippen molar-refractivity contribution in [2.75, 3.05) is 19.6 Å². The zero-order chi connectivity index (χ0) is 20.9. The number of likely N-dealkylation sites (tertiary alicyclic amines) is 1. The van der Waals surface area contributed by atoms with Gasteiger partial charge in [-0.15, -0.1) is 0 Å². The summed E-state index contributed by atoms with van der Waals surface area (Å²) in [4.78, 5) is 11.5. The van der Waals surface area contributed by atoms with Gasteiger partial charge in [0.1, 0.15) is 0 Å². The van der Waals surface area contributed by atoms with Crippen molar-refractivity contribution in [2.24, 2.45) is 15.9 Å². The normalized spacial score (nSPS) is 15.0. The van der Waals surface area contributed by atoms with Crippen LogP contribution in [0.25, 0.3) is 10.8 Å². The van der Waals surface area contributed by atoms with Crippen molar-refractivity contribution in [1.29, 1.82) is 5.26 Å². The van der Waals surface area contributed by atoms with E-state index in [0.29, 0.717) is 17.9 Å². The number of rotatable bonds is 6. The van der Waals surface area contributed by atoms with E-state index in [2.05, 4.69) is 66.0 Å². The fourth-order valence-electron chi connectivity index (χ4n) is 4.15. The van der Waals surface area contributed by atoms with Crippen LogP contribution in [0, 0.1) is 17.2 Å². The van der Waals surface area contributed by atoms with E-state index in [1.807, 2.05) is 24.3 Å². The molecule has 0 spiro atoms. The lowest BCUT2D eigenvalue weighted by Gasteiger charge is -2.37. The molecule has 1 aliphatic heterocycles. The molecule has 0 saturated carbocycles. The first-order valence-corrected chi connectivity index (χ1v) is 10.4. The third kappa shape index (κ3) is 4.32. The van der Waals surface area contributed by atoms with Gasteiger partial charge in [0, 0.05) is 31.7 Å². The van der Waals surface area contributed by atoms with Crippen molar-refractivity contribution in [3.05, 3.63) is 82.9 Å². The summed E-state index contributed by atoms with van der Waals surface area (Å²) in [5.74, 6) is 1.49. The number of hydrogen-bond donors (Lipinski definition) is 0. The van der Waals surface area contributed by atoms with E-state index in [4.69, 9.17) is 10.3 Å². The highest BCUT2D eigenvalue weighted by atomic mass is 15.2. The molecule has 1 heterocycles. The Morgan fingerprint density at radius 3 is 2.47 bits per heavy atom. The van der Waals surface area contributed by atoms with Crippen LogP contribution in [0.2, 0.25) is 0 Å². The van der Waals surface area contributed by atoms with Crippen LogP contribution in [0.15, 0.2) is 70.6 Å². The number of amidine groups is 1. The van der Waals surface area contributed by atoms with Gasteiger partial charge in [0.05, 0.1) is 11.6 Å². The standard InChI is InChI=1S/C26H26N4/c1-19-16-30(17-19)18-22-11-12-25(24-6-4-3-5-23(22)24)26(28-2)29-14-13-20-7-9-21(15-27)10-8-20/h3-12,19H,2,13-14,16-18H2,1H3/b29-26-. The maximum Gasteiger partial charge on any atom is 0.154 e. The number of hydrogen-bond acceptors (Lipinski definition) is 3. The quantitative estimate of drug-likeness (QED) is 0.443. The van der Waals surface area contributed by atoms with E-state index in [1.54, 1.807) is 0 Å². The Labute approximate surface area is 178 Å². The Morgan fingerprint density at radius 1 is 1.07 bits per heavy atom. The molecule has 1 aliphatic rings. The Hall–Kier alpha value is -3.29. The van der Waals surface area contributed by atoms with Crippen molar-refractivity contribution >= 4 is 23.3 Å². The van der Waals surface area contributed by atoms with Crippen molar-refractivity contribution in [2.45, 2.75) is 19.9 Å². The van der Waals surface area contributed by atoms with Gasteiger partial charge in [0.15, 0.2) is 5.84 Å². The predicted octanol–water partition coefficient (Wildman–Crippen LogP) is 4.85. The van der Waals surface area contributed by atoms with Crippen LogP contribution in [0.3, 0.4) is 0 Å². The third-order valence-corrected chi connectivity index (χ3v) is 5.68. The molecule has 0 radical (unpaired) electrons. The molecule has 0 bridgehead atoms. The average molecular weight is 395 g/mol. The summed E-state index contributed by atoms with van der Waals surface area (Å²) in [5.41, 5.74) is 4.21. The third-order valence-electron chi connectivity index (χ3n) is 5.68. The fraction of sp³-hybridized carbons (Fsp3) is 0.269. The first-order chi connectivity index (χ1) is 14.7. The van der Waals surface area contributed by atoms with E-state index in [9.17, 15) is 0 Å². The number of nitriles is 1. The highest BCUT2D eigenvalue weighted by Gasteiger charge is 2.23. The Bertz CT molecular complexity index is 1120. The Morgan fingerprint density at radius 2 is 1.80 bits per heavy atom. The molecule has 4 heteroatoms. The lowest BCUT2D eigenvalue weighted by Crippen LogP contribution is -2.44. The van der Waals surface area contributed by atoms with Gasteiger partial charge in [-0.2, -0.15) is 5.26 Å². The first kappa shape index (κ1) is 20.0. The minimum Gasteiger partial charge on any atom is -0.298 e. The molecular weight excluding hydrogens is 368 g/mol. The van der Waals surface area contributed by atoms with Crippen molar-refractivity contribution in [3.63, 3.8) is 0 Å². The minimum atomic E-state index is 0.627. The lowest BCUT2D eigenvalue weighted by molar-refractivity contribution is 0.105. The molecule has 0 unspecified atom stereocenters. The zero-order valence-corrected chi connectivity index (χ0v) is 17.4. The second-order valence-electron chi connectivity index (χ2n) is 8.04. The lowest BCUT2D eigenvalue weighted by atomic mass is 9.96. The summed E-state index contributed by atoms with van der Waals surface area (Å²) in [6.45, 7) is 10.0. The van der Waals surface area contributed by atoms with Gasteiger partial charge in [0.25, 0.3) is 0 Å². The summed E-state index contributed by atoms with van der Waals surface area (Å²) in [6, 6.07) is 22.6. The molecule has 4 nitrogen and oxygen atoms in total. The van der Waals surface area contributed by atoms with Crippen LogP contribution in [-0.2, 0) is 13.0 Å². The molecular formula is C26H26N4. The molecule has 0 aromatic heterocycles. The van der Waals surface area contributed by atoms with E-state index in [-0.39, 0.29) is 0 Å². The topological polar surface area (TPSA) is 51.8 Å². The monoisotopic (exact) mass is 394 g/mol. The average Bonchev–Trinajstić information content (AvgIpc) is 2.76. The van der Waals surface area contributed by atoms with Crippen LogP contribution < -0.4 is 0 Å². The molecule has 0 amide bonds. The second kappa shape index (κ2) is 9.02. The summed E-state index contributed by atoms with van der Waals surface area (Å²) in [5, 5.41) is 11.4. The SMILES string of the molecule is C=N/C(=N\CCc1ccc(C#N)cc1)c1ccc(CN2CC(C)C2)c2ccccc12. The van der Waals surface area contributed by atoms with Crippen molar-refractivity contribution in [1.82, 2.24) is 4.90 Å². The molecule has 0 atom stereocenters. The number of fused-ring (bicyclic) bond motifs is 1. The van der Waals surface area contributed by atoms with Gasteiger partial charge >= 0.3 is 0 Å². The second-order valence-corrected chi connectivity index (χ2v) is 8.04. The Kier molecular flexibility index (Phi) is 6.02. The fourth-order valence-corrected chi connectivity index (χ4v) is 4.15. The highest BCUT2D eigenvalue weighted by molar-refractivity contribution is 6.11. The van der Waals surface area contributed by atoms with Gasteiger partial charge in [-0.3, -0.25) is 9.89 Å². The molecule has 4 rings (SSSR count). The van der Waals surface area contributed by atoms with Crippen molar-refractivity contribution in [3.8, 4) is 6.07 Å². The summed E-state index contributed by atoms with van der Waals surface area (Å²) in [6.07, 6.45) is 0.799. The highest BCUT2D eigenvalue weighted by Crippen LogP contribution is 2.27. The van der Waals surface area contributed by atoms with Crippen LogP contribution in [-0.4, -0.2) is 37.1 Å². The molecule has 30 heavy (non-hydrogen) atoms. The minimum absolute atomic E-state index is 0.627. The number of benzene rings is 3. The van der Waals surface area contributed by atoms with E-state index < -0.39 is 0 Å². The van der Waals surface area contributed by atoms with Crippen LogP contribution >= 0.6 is 0 Å². The smallest absolute Gasteiger partial charge is 0.154 e. The molecule has 1 fully saturated rings. The zero-order valence-electron chi connectivity index (χ0n) is 17.4. The van der Waals surface area contributed by atoms with E-state index >= 15 is 0 Å². The molecule has 3 aromatic rings. The van der Waals surface area contributed by atoms with Crippen LogP contribution in [0.4, 0.5) is 0 Å². The van der Waals surface area contributed by atoms with Gasteiger partial charge in [-0.1, -0.05) is 55.5 Å². The number of nitrogens with zero attached hydrogens (tertiary/aromatic N) is 4. The maximum absolute atomic E-state index is 8.92. The van der Waals surface area contributed by atoms with Crippen LogP contribution in [0.1, 0.15) is 29.2 Å². The van der Waals surface area contributed by atoms with Crippen molar-refractivity contribution < 1.29 is 0 Å². The molecule has 1 saturated heterocycles. The van der Waals surface area contributed by atoms with Gasteiger partial charge in [0.2, 0.25) is 0 Å². The molecule has 3 aromatic carbocycles. The molecule has 150 valence electrons. The predicted molar refractivity (Wildman–Crippen MR) is 124 cm³/mol. The maximum atomic E-state index is 8.92. The molecule has 0 N–H and O–H groups in total.